The number of fused-ring (bicyclic) bond motifs is 1. The first-order chi connectivity index (χ1) is 8.22. The molecule has 17 heavy (non-hydrogen) atoms. The van der Waals surface area contributed by atoms with Gasteiger partial charge in [0.2, 0.25) is 5.91 Å². The van der Waals surface area contributed by atoms with Crippen molar-refractivity contribution in [2.45, 2.75) is 50.2 Å². The molecular formula is C13H17N3O. The molecule has 3 aliphatic rings. The minimum absolute atomic E-state index is 0.0165. The van der Waals surface area contributed by atoms with Crippen molar-refractivity contribution in [2.75, 3.05) is 0 Å². The highest BCUT2D eigenvalue weighted by molar-refractivity contribution is 5.85. The monoisotopic (exact) mass is 231 g/mol. The lowest BCUT2D eigenvalue weighted by molar-refractivity contribution is -0.134. The molecule has 2 N–H and O–H groups in total. The van der Waals surface area contributed by atoms with E-state index < -0.39 is 6.04 Å². The van der Waals surface area contributed by atoms with Gasteiger partial charge in [0.1, 0.15) is 6.04 Å². The van der Waals surface area contributed by atoms with E-state index in [-0.39, 0.29) is 18.0 Å². The highest BCUT2D eigenvalue weighted by atomic mass is 16.2. The molecule has 0 radical (unpaired) electrons. The molecule has 1 saturated heterocycles. The molecule has 0 aromatic carbocycles. The number of carbonyl (C=O) groups excluding carboxylic acids is 1. The summed E-state index contributed by atoms with van der Waals surface area (Å²) in [6.07, 6.45) is 7.27. The van der Waals surface area contributed by atoms with Gasteiger partial charge in [-0.25, -0.2) is 0 Å². The zero-order chi connectivity index (χ0) is 12.0. The predicted molar refractivity (Wildman–Crippen MR) is 62.7 cm³/mol. The number of nitrogens with two attached hydrogens (primary N) is 1. The summed E-state index contributed by atoms with van der Waals surface area (Å²) in [5.41, 5.74) is 7.32. The van der Waals surface area contributed by atoms with Crippen LogP contribution in [-0.2, 0) is 4.79 Å². The van der Waals surface area contributed by atoms with Crippen LogP contribution in [0, 0.1) is 17.2 Å². The van der Waals surface area contributed by atoms with Gasteiger partial charge in [-0.15, -0.1) is 0 Å². The molecule has 0 aromatic rings. The maximum Gasteiger partial charge on any atom is 0.241 e. The van der Waals surface area contributed by atoms with Crippen molar-refractivity contribution in [3.8, 4) is 6.07 Å². The van der Waals surface area contributed by atoms with Crippen LogP contribution in [0.1, 0.15) is 32.1 Å². The SMILES string of the molecule is N#CC1CC2=CC2N1C(=O)C(N)C1CCCC1. The van der Waals surface area contributed by atoms with Gasteiger partial charge in [0.05, 0.1) is 18.2 Å². The van der Waals surface area contributed by atoms with Crippen LogP contribution in [-0.4, -0.2) is 28.9 Å². The molecule has 4 nitrogen and oxygen atoms in total. The Morgan fingerprint density at radius 3 is 2.88 bits per heavy atom. The van der Waals surface area contributed by atoms with E-state index in [9.17, 15) is 4.79 Å². The molecule has 2 fully saturated rings. The van der Waals surface area contributed by atoms with Gasteiger partial charge in [0, 0.05) is 6.42 Å². The Hall–Kier alpha value is -1.34. The molecule has 3 rings (SSSR count). The molecule has 1 saturated carbocycles. The van der Waals surface area contributed by atoms with Crippen LogP contribution in [0.2, 0.25) is 0 Å². The van der Waals surface area contributed by atoms with Crippen molar-refractivity contribution >= 4 is 5.91 Å². The molecule has 0 spiro atoms. The number of likely N-dealkylation sites (tertiary alicyclic amines) is 1. The van der Waals surface area contributed by atoms with Crippen molar-refractivity contribution in [3.05, 3.63) is 11.6 Å². The molecule has 4 heteroatoms. The maximum atomic E-state index is 12.4. The van der Waals surface area contributed by atoms with Crippen molar-refractivity contribution in [1.82, 2.24) is 4.90 Å². The van der Waals surface area contributed by atoms with E-state index in [0.29, 0.717) is 5.92 Å². The lowest BCUT2D eigenvalue weighted by Gasteiger charge is -2.28. The zero-order valence-corrected chi connectivity index (χ0v) is 9.80. The van der Waals surface area contributed by atoms with Gasteiger partial charge in [0.25, 0.3) is 0 Å². The topological polar surface area (TPSA) is 70.1 Å². The summed E-state index contributed by atoms with van der Waals surface area (Å²) in [5, 5.41) is 9.06. The second-order valence-corrected chi connectivity index (χ2v) is 5.35. The van der Waals surface area contributed by atoms with Crippen LogP contribution in [0.3, 0.4) is 0 Å². The number of nitriles is 1. The lowest BCUT2D eigenvalue weighted by Crippen LogP contribution is -2.50. The standard InChI is InChI=1S/C13H17N3O/c14-7-10-5-9-6-11(9)16(10)13(17)12(15)8-3-1-2-4-8/h6,8,10-12H,1-5,15H2. The number of hydrogen-bond donors (Lipinski definition) is 1. The van der Waals surface area contributed by atoms with E-state index in [4.69, 9.17) is 11.0 Å². The van der Waals surface area contributed by atoms with E-state index in [0.717, 1.165) is 19.3 Å². The summed E-state index contributed by atoms with van der Waals surface area (Å²) in [6.45, 7) is 0. The fourth-order valence-electron chi connectivity index (χ4n) is 3.21. The van der Waals surface area contributed by atoms with Crippen LogP contribution in [0.15, 0.2) is 11.6 Å². The molecule has 0 aromatic heterocycles. The van der Waals surface area contributed by atoms with Crippen molar-refractivity contribution in [1.29, 1.82) is 5.26 Å². The van der Waals surface area contributed by atoms with E-state index >= 15 is 0 Å². The second-order valence-electron chi connectivity index (χ2n) is 5.35. The Morgan fingerprint density at radius 2 is 2.24 bits per heavy atom. The number of carbonyl (C=O) groups is 1. The highest BCUT2D eigenvalue weighted by Gasteiger charge is 2.48. The van der Waals surface area contributed by atoms with Crippen LogP contribution in [0.5, 0.6) is 0 Å². The first-order valence-corrected chi connectivity index (χ1v) is 6.40. The Balaban J connectivity index is 1.71. The van der Waals surface area contributed by atoms with Gasteiger partial charge in [-0.1, -0.05) is 18.9 Å². The van der Waals surface area contributed by atoms with Crippen molar-refractivity contribution < 1.29 is 4.79 Å². The number of nitrogens with zero attached hydrogens (tertiary/aromatic N) is 2. The quantitative estimate of drug-likeness (QED) is 0.719. The first-order valence-electron chi connectivity index (χ1n) is 6.40. The number of rotatable bonds is 2. The second kappa shape index (κ2) is 3.85. The predicted octanol–water partition coefficient (Wildman–Crippen LogP) is 0.937. The normalized spacial score (nSPS) is 32.9. The molecule has 1 amide bonds. The van der Waals surface area contributed by atoms with Gasteiger partial charge in [-0.3, -0.25) is 4.79 Å². The van der Waals surface area contributed by atoms with E-state index in [1.54, 1.807) is 4.90 Å². The average molecular weight is 231 g/mol. The van der Waals surface area contributed by atoms with Gasteiger partial charge < -0.3 is 10.6 Å². The summed E-state index contributed by atoms with van der Waals surface area (Å²) in [5.74, 6) is 0.307. The minimum Gasteiger partial charge on any atom is -0.320 e. The van der Waals surface area contributed by atoms with Crippen molar-refractivity contribution in [3.63, 3.8) is 0 Å². The molecule has 90 valence electrons. The largest absolute Gasteiger partial charge is 0.320 e. The smallest absolute Gasteiger partial charge is 0.241 e. The molecule has 2 aliphatic carbocycles. The van der Waals surface area contributed by atoms with Gasteiger partial charge in [-0.05, 0) is 24.3 Å². The summed E-state index contributed by atoms with van der Waals surface area (Å²) in [7, 11) is 0. The van der Waals surface area contributed by atoms with Crippen LogP contribution >= 0.6 is 0 Å². The third-order valence-electron chi connectivity index (χ3n) is 4.30. The maximum absolute atomic E-state index is 12.4. The Labute approximate surface area is 101 Å². The fraction of sp³-hybridized carbons (Fsp3) is 0.692. The summed E-state index contributed by atoms with van der Waals surface area (Å²) in [4.78, 5) is 14.1. The molecule has 0 bridgehead atoms. The third-order valence-corrected chi connectivity index (χ3v) is 4.30. The molecular weight excluding hydrogens is 214 g/mol. The average Bonchev–Trinajstić information content (AvgIpc) is 2.83. The van der Waals surface area contributed by atoms with Gasteiger partial charge in [-0.2, -0.15) is 5.26 Å². The summed E-state index contributed by atoms with van der Waals surface area (Å²) < 4.78 is 0. The van der Waals surface area contributed by atoms with Gasteiger partial charge >= 0.3 is 0 Å². The van der Waals surface area contributed by atoms with E-state index in [2.05, 4.69) is 12.1 Å². The Bertz CT molecular complexity index is 417. The van der Waals surface area contributed by atoms with Crippen LogP contribution in [0.4, 0.5) is 0 Å². The molecule has 1 aliphatic heterocycles. The minimum atomic E-state index is -0.401. The van der Waals surface area contributed by atoms with Crippen molar-refractivity contribution in [2.24, 2.45) is 11.7 Å². The van der Waals surface area contributed by atoms with Gasteiger partial charge in [0.15, 0.2) is 0 Å². The fourth-order valence-corrected chi connectivity index (χ4v) is 3.21. The molecule has 1 heterocycles. The Morgan fingerprint density at radius 1 is 1.53 bits per heavy atom. The zero-order valence-electron chi connectivity index (χ0n) is 9.80. The van der Waals surface area contributed by atoms with Crippen LogP contribution < -0.4 is 5.73 Å². The molecule has 3 unspecified atom stereocenters. The van der Waals surface area contributed by atoms with E-state index in [1.807, 2.05) is 0 Å². The Kier molecular flexibility index (Phi) is 2.44. The summed E-state index contributed by atoms with van der Waals surface area (Å²) >= 11 is 0. The third kappa shape index (κ3) is 1.66. The molecule has 3 atom stereocenters. The number of hydrogen-bond acceptors (Lipinski definition) is 3. The number of amides is 1. The first kappa shape index (κ1) is 10.8. The van der Waals surface area contributed by atoms with E-state index in [1.165, 1.54) is 18.4 Å². The summed E-state index contributed by atoms with van der Waals surface area (Å²) in [6, 6.07) is 1.66. The lowest BCUT2D eigenvalue weighted by atomic mass is 9.97. The highest BCUT2D eigenvalue weighted by Crippen LogP contribution is 2.41. The van der Waals surface area contributed by atoms with Crippen LogP contribution in [0.25, 0.3) is 0 Å².